The Labute approximate surface area is 172 Å². The molecule has 0 aliphatic heterocycles. The molecule has 0 unspecified atom stereocenters. The number of benzene rings is 3. The van der Waals surface area contributed by atoms with Gasteiger partial charge >= 0.3 is 5.97 Å². The molecule has 1 atom stereocenters. The predicted octanol–water partition coefficient (Wildman–Crippen LogP) is 3.90. The molecule has 0 saturated heterocycles. The minimum absolute atomic E-state index is 0.438. The molecular formula is C25H28N2O2. The van der Waals surface area contributed by atoms with E-state index in [0.29, 0.717) is 19.4 Å². The molecule has 150 valence electrons. The summed E-state index contributed by atoms with van der Waals surface area (Å²) in [6, 6.07) is 26.9. The van der Waals surface area contributed by atoms with Crippen molar-refractivity contribution < 1.29 is 9.53 Å². The highest BCUT2D eigenvalue weighted by molar-refractivity contribution is 5.77. The Morgan fingerprint density at radius 2 is 1.34 bits per heavy atom. The van der Waals surface area contributed by atoms with Crippen molar-refractivity contribution in [2.24, 2.45) is 11.5 Å². The minimum Gasteiger partial charge on any atom is -0.443 e. The third-order valence-corrected chi connectivity index (χ3v) is 5.09. The van der Waals surface area contributed by atoms with Gasteiger partial charge in [0.15, 0.2) is 5.60 Å². The summed E-state index contributed by atoms with van der Waals surface area (Å²) in [5.41, 5.74) is 14.4. The lowest BCUT2D eigenvalue weighted by atomic mass is 9.79. The van der Waals surface area contributed by atoms with E-state index in [4.69, 9.17) is 16.2 Å². The van der Waals surface area contributed by atoms with E-state index in [-0.39, 0.29) is 0 Å². The van der Waals surface area contributed by atoms with Gasteiger partial charge in [0.1, 0.15) is 6.04 Å². The second-order valence-corrected chi connectivity index (χ2v) is 7.24. The minimum atomic E-state index is -1.09. The summed E-state index contributed by atoms with van der Waals surface area (Å²) in [6.45, 7) is 2.52. The summed E-state index contributed by atoms with van der Waals surface area (Å²) in [5.74, 6) is -0.438. The van der Waals surface area contributed by atoms with E-state index in [9.17, 15) is 4.79 Å². The number of hydrogen-bond acceptors (Lipinski definition) is 4. The van der Waals surface area contributed by atoms with Crippen LogP contribution in [0.1, 0.15) is 35.1 Å². The van der Waals surface area contributed by atoms with Crippen LogP contribution >= 0.6 is 0 Å². The highest BCUT2D eigenvalue weighted by atomic mass is 16.6. The number of esters is 1. The highest BCUT2D eigenvalue weighted by Gasteiger charge is 2.41. The number of carbonyl (C=O) groups excluding carboxylic acids is 1. The van der Waals surface area contributed by atoms with Crippen molar-refractivity contribution in [3.8, 4) is 0 Å². The van der Waals surface area contributed by atoms with Crippen molar-refractivity contribution in [2.45, 2.75) is 31.4 Å². The van der Waals surface area contributed by atoms with Gasteiger partial charge in [-0.3, -0.25) is 4.79 Å². The van der Waals surface area contributed by atoms with Gasteiger partial charge in [-0.25, -0.2) is 0 Å². The van der Waals surface area contributed by atoms with Crippen molar-refractivity contribution in [3.05, 3.63) is 107 Å². The van der Waals surface area contributed by atoms with Crippen LogP contribution in [-0.4, -0.2) is 18.6 Å². The van der Waals surface area contributed by atoms with Gasteiger partial charge in [0.2, 0.25) is 0 Å². The summed E-state index contributed by atoms with van der Waals surface area (Å²) >= 11 is 0. The van der Waals surface area contributed by atoms with E-state index in [2.05, 4.69) is 0 Å². The zero-order valence-corrected chi connectivity index (χ0v) is 16.8. The Morgan fingerprint density at radius 1 is 0.862 bits per heavy atom. The molecule has 4 N–H and O–H groups in total. The number of ether oxygens (including phenoxy) is 1. The van der Waals surface area contributed by atoms with Gasteiger partial charge in [0.25, 0.3) is 0 Å². The SMILES string of the molecule is Cc1ccc(C(OC(=O)[C@H](N)CCCN)(c2ccccc2)c2ccccc2)cc1. The molecule has 4 nitrogen and oxygen atoms in total. The molecular weight excluding hydrogens is 360 g/mol. The third-order valence-electron chi connectivity index (χ3n) is 5.09. The van der Waals surface area contributed by atoms with Gasteiger partial charge < -0.3 is 16.2 Å². The zero-order chi connectivity index (χ0) is 20.7. The smallest absolute Gasteiger partial charge is 0.324 e. The maximum atomic E-state index is 13.1. The van der Waals surface area contributed by atoms with Crippen molar-refractivity contribution in [3.63, 3.8) is 0 Å². The number of nitrogens with two attached hydrogens (primary N) is 2. The number of hydrogen-bond donors (Lipinski definition) is 2. The summed E-state index contributed by atoms with van der Waals surface area (Å²) < 4.78 is 6.29. The highest BCUT2D eigenvalue weighted by Crippen LogP contribution is 2.40. The second-order valence-electron chi connectivity index (χ2n) is 7.24. The fourth-order valence-corrected chi connectivity index (χ4v) is 3.49. The molecule has 0 heterocycles. The Morgan fingerprint density at radius 3 is 1.83 bits per heavy atom. The molecule has 3 aromatic rings. The number of carbonyl (C=O) groups is 1. The van der Waals surface area contributed by atoms with E-state index in [1.165, 1.54) is 0 Å². The van der Waals surface area contributed by atoms with Crippen LogP contribution in [0.15, 0.2) is 84.9 Å². The lowest BCUT2D eigenvalue weighted by molar-refractivity contribution is -0.155. The third kappa shape index (κ3) is 4.56. The molecule has 4 heteroatoms. The van der Waals surface area contributed by atoms with Gasteiger partial charge in [-0.05, 0) is 26.3 Å². The predicted molar refractivity (Wildman–Crippen MR) is 116 cm³/mol. The average molecular weight is 389 g/mol. The van der Waals surface area contributed by atoms with Crippen molar-refractivity contribution in [1.82, 2.24) is 0 Å². The van der Waals surface area contributed by atoms with Crippen LogP contribution in [0, 0.1) is 6.92 Å². The first-order valence-corrected chi connectivity index (χ1v) is 9.94. The standard InChI is InChI=1S/C25H28N2O2/c1-19-14-16-22(17-15-19)25(20-9-4-2-5-10-20,21-11-6-3-7-12-21)29-24(28)23(27)13-8-18-26/h2-7,9-12,14-17,23H,8,13,18,26-27H2,1H3/t23-/m1/s1. The fraction of sp³-hybridized carbons (Fsp3) is 0.240. The first-order valence-electron chi connectivity index (χ1n) is 9.94. The first kappa shape index (κ1) is 20.8. The van der Waals surface area contributed by atoms with Crippen LogP contribution in [0.5, 0.6) is 0 Å². The van der Waals surface area contributed by atoms with Crippen LogP contribution in [0.2, 0.25) is 0 Å². The summed E-state index contributed by atoms with van der Waals surface area (Å²) in [4.78, 5) is 13.1. The fourth-order valence-electron chi connectivity index (χ4n) is 3.49. The summed E-state index contributed by atoms with van der Waals surface area (Å²) in [5, 5.41) is 0. The number of rotatable bonds is 8. The van der Waals surface area contributed by atoms with Crippen LogP contribution in [0.4, 0.5) is 0 Å². The van der Waals surface area contributed by atoms with Crippen LogP contribution < -0.4 is 11.5 Å². The summed E-state index contributed by atoms with van der Waals surface area (Å²) in [6.07, 6.45) is 1.16. The lowest BCUT2D eigenvalue weighted by Gasteiger charge is -2.36. The van der Waals surface area contributed by atoms with E-state index in [0.717, 1.165) is 22.3 Å². The van der Waals surface area contributed by atoms with Gasteiger partial charge in [-0.1, -0.05) is 90.5 Å². The topological polar surface area (TPSA) is 78.3 Å². The Kier molecular flexibility index (Phi) is 6.81. The maximum absolute atomic E-state index is 13.1. The van der Waals surface area contributed by atoms with Gasteiger partial charge in [0, 0.05) is 16.7 Å². The molecule has 0 fully saturated rings. The van der Waals surface area contributed by atoms with Crippen molar-refractivity contribution >= 4 is 5.97 Å². The molecule has 0 radical (unpaired) electrons. The quantitative estimate of drug-likeness (QED) is 0.453. The van der Waals surface area contributed by atoms with Crippen LogP contribution in [0.3, 0.4) is 0 Å². The average Bonchev–Trinajstić information content (AvgIpc) is 2.77. The zero-order valence-electron chi connectivity index (χ0n) is 16.8. The maximum Gasteiger partial charge on any atom is 0.324 e. The molecule has 3 rings (SSSR count). The van der Waals surface area contributed by atoms with Crippen LogP contribution in [0.25, 0.3) is 0 Å². The molecule has 0 aliphatic rings. The molecule has 0 aliphatic carbocycles. The Balaban J connectivity index is 2.17. The van der Waals surface area contributed by atoms with E-state index >= 15 is 0 Å². The van der Waals surface area contributed by atoms with Gasteiger partial charge in [-0.2, -0.15) is 0 Å². The molecule has 0 aromatic heterocycles. The van der Waals surface area contributed by atoms with Gasteiger partial charge in [-0.15, -0.1) is 0 Å². The molecule has 0 bridgehead atoms. The van der Waals surface area contributed by atoms with Crippen LogP contribution in [-0.2, 0) is 15.1 Å². The van der Waals surface area contributed by atoms with Gasteiger partial charge in [0.05, 0.1) is 0 Å². The number of aryl methyl sites for hydroxylation is 1. The van der Waals surface area contributed by atoms with Crippen molar-refractivity contribution in [2.75, 3.05) is 6.54 Å². The largest absolute Gasteiger partial charge is 0.443 e. The molecule has 0 amide bonds. The first-order chi connectivity index (χ1) is 14.1. The normalized spacial score (nSPS) is 12.4. The molecule has 0 spiro atoms. The molecule has 3 aromatic carbocycles. The lowest BCUT2D eigenvalue weighted by Crippen LogP contribution is -2.42. The summed E-state index contributed by atoms with van der Waals surface area (Å²) in [7, 11) is 0. The second kappa shape index (κ2) is 9.50. The monoisotopic (exact) mass is 388 g/mol. The van der Waals surface area contributed by atoms with E-state index in [1.807, 2.05) is 91.9 Å². The Bertz CT molecular complexity index is 869. The van der Waals surface area contributed by atoms with E-state index in [1.54, 1.807) is 0 Å². The molecule has 0 saturated carbocycles. The van der Waals surface area contributed by atoms with E-state index < -0.39 is 17.6 Å². The van der Waals surface area contributed by atoms with Crippen molar-refractivity contribution in [1.29, 1.82) is 0 Å². The Hall–Kier alpha value is -2.95. The molecule has 29 heavy (non-hydrogen) atoms.